The van der Waals surface area contributed by atoms with Crippen molar-refractivity contribution in [3.05, 3.63) is 17.2 Å². The Bertz CT molecular complexity index is 331. The summed E-state index contributed by atoms with van der Waals surface area (Å²) >= 11 is 0. The van der Waals surface area contributed by atoms with Crippen LogP contribution in [0.5, 0.6) is 0 Å². The van der Waals surface area contributed by atoms with Gasteiger partial charge in [0.15, 0.2) is 5.82 Å². The molecule has 0 spiro atoms. The fourth-order valence-corrected chi connectivity index (χ4v) is 1.79. The number of nitrogens with zero attached hydrogens (tertiary/aromatic N) is 1. The Morgan fingerprint density at radius 1 is 1.50 bits per heavy atom. The van der Waals surface area contributed by atoms with Crippen molar-refractivity contribution in [2.75, 3.05) is 0 Å². The van der Waals surface area contributed by atoms with E-state index in [0.29, 0.717) is 5.82 Å². The molecule has 4 heteroatoms. The SMILES string of the molecule is C[C@H](N)C(=O)c1nc2c([nH]1)CCCC2. The zero-order valence-electron chi connectivity index (χ0n) is 8.34. The summed E-state index contributed by atoms with van der Waals surface area (Å²) in [5.74, 6) is 0.339. The average molecular weight is 193 g/mol. The molecule has 1 aliphatic rings. The molecule has 0 saturated heterocycles. The van der Waals surface area contributed by atoms with Gasteiger partial charge in [-0.1, -0.05) is 0 Å². The molecular weight excluding hydrogens is 178 g/mol. The Hall–Kier alpha value is -1.16. The number of fused-ring (bicyclic) bond motifs is 1. The summed E-state index contributed by atoms with van der Waals surface area (Å²) in [6.07, 6.45) is 4.34. The van der Waals surface area contributed by atoms with Crippen LogP contribution in [0.25, 0.3) is 0 Å². The van der Waals surface area contributed by atoms with Gasteiger partial charge in [-0.05, 0) is 32.6 Å². The van der Waals surface area contributed by atoms with Gasteiger partial charge in [0.25, 0.3) is 0 Å². The second-order valence-electron chi connectivity index (χ2n) is 3.87. The molecule has 0 saturated carbocycles. The number of H-pyrrole nitrogens is 1. The van der Waals surface area contributed by atoms with E-state index < -0.39 is 6.04 Å². The summed E-state index contributed by atoms with van der Waals surface area (Å²) in [6, 6.07) is -0.470. The lowest BCUT2D eigenvalue weighted by molar-refractivity contribution is 0.0958. The number of ketones is 1. The van der Waals surface area contributed by atoms with Crippen molar-refractivity contribution >= 4 is 5.78 Å². The number of carbonyl (C=O) groups excluding carboxylic acids is 1. The Morgan fingerprint density at radius 2 is 2.21 bits per heavy atom. The van der Waals surface area contributed by atoms with Crippen LogP contribution < -0.4 is 5.73 Å². The van der Waals surface area contributed by atoms with Gasteiger partial charge in [0.1, 0.15) is 0 Å². The maximum absolute atomic E-state index is 11.5. The van der Waals surface area contributed by atoms with Crippen molar-refractivity contribution < 1.29 is 4.79 Å². The number of aryl methyl sites for hydroxylation is 2. The standard InChI is InChI=1S/C10H15N3O/c1-6(11)9(14)10-12-7-4-2-3-5-8(7)13-10/h6H,2-5,11H2,1H3,(H,12,13)/t6-/m0/s1. The van der Waals surface area contributed by atoms with Gasteiger partial charge >= 0.3 is 0 Å². The smallest absolute Gasteiger partial charge is 0.214 e. The highest BCUT2D eigenvalue weighted by Gasteiger charge is 2.19. The normalized spacial score (nSPS) is 17.6. The molecule has 1 aromatic heterocycles. The summed E-state index contributed by atoms with van der Waals surface area (Å²) in [5, 5.41) is 0. The number of carbonyl (C=O) groups is 1. The zero-order valence-corrected chi connectivity index (χ0v) is 8.34. The van der Waals surface area contributed by atoms with E-state index >= 15 is 0 Å². The third kappa shape index (κ3) is 1.57. The number of imidazole rings is 1. The van der Waals surface area contributed by atoms with Crippen molar-refractivity contribution in [1.29, 1.82) is 0 Å². The first-order valence-corrected chi connectivity index (χ1v) is 5.06. The number of hydrogen-bond donors (Lipinski definition) is 2. The fourth-order valence-electron chi connectivity index (χ4n) is 1.79. The van der Waals surface area contributed by atoms with Gasteiger partial charge in [-0.3, -0.25) is 4.79 Å². The first-order valence-electron chi connectivity index (χ1n) is 5.06. The Kier molecular flexibility index (Phi) is 2.37. The molecule has 0 bridgehead atoms. The lowest BCUT2D eigenvalue weighted by atomic mass is 10.0. The lowest BCUT2D eigenvalue weighted by Crippen LogP contribution is -2.27. The van der Waals surface area contributed by atoms with E-state index in [4.69, 9.17) is 5.73 Å². The highest BCUT2D eigenvalue weighted by Crippen LogP contribution is 2.18. The molecule has 0 fully saturated rings. The number of nitrogens with one attached hydrogen (secondary N) is 1. The maximum atomic E-state index is 11.5. The summed E-state index contributed by atoms with van der Waals surface area (Å²) in [4.78, 5) is 18.9. The number of hydrogen-bond acceptors (Lipinski definition) is 3. The Balaban J connectivity index is 2.28. The minimum atomic E-state index is -0.470. The third-order valence-corrected chi connectivity index (χ3v) is 2.60. The van der Waals surface area contributed by atoms with Crippen LogP contribution in [0.3, 0.4) is 0 Å². The summed E-state index contributed by atoms with van der Waals surface area (Å²) in [7, 11) is 0. The molecule has 0 amide bonds. The molecule has 1 aromatic rings. The van der Waals surface area contributed by atoms with Crippen LogP contribution in [-0.4, -0.2) is 21.8 Å². The molecule has 4 nitrogen and oxygen atoms in total. The van der Waals surface area contributed by atoms with Gasteiger partial charge in [-0.15, -0.1) is 0 Å². The zero-order chi connectivity index (χ0) is 10.1. The third-order valence-electron chi connectivity index (χ3n) is 2.60. The first kappa shape index (κ1) is 9.40. The minimum absolute atomic E-state index is 0.0978. The van der Waals surface area contributed by atoms with E-state index in [1.165, 1.54) is 12.8 Å². The molecule has 14 heavy (non-hydrogen) atoms. The predicted octanol–water partition coefficient (Wildman–Crippen LogP) is 0.818. The average Bonchev–Trinajstić information content (AvgIpc) is 2.59. The molecule has 0 unspecified atom stereocenters. The van der Waals surface area contributed by atoms with Gasteiger partial charge in [-0.25, -0.2) is 4.98 Å². The number of Topliss-reactive ketones (excluding diaryl/α,β-unsaturated/α-hetero) is 1. The quantitative estimate of drug-likeness (QED) is 0.683. The first-order chi connectivity index (χ1) is 6.68. The summed E-state index contributed by atoms with van der Waals surface area (Å²) < 4.78 is 0. The molecule has 1 heterocycles. The highest BCUT2D eigenvalue weighted by molar-refractivity contribution is 5.96. The maximum Gasteiger partial charge on any atom is 0.214 e. The second kappa shape index (κ2) is 3.53. The van der Waals surface area contributed by atoms with E-state index in [1.807, 2.05) is 0 Å². The fraction of sp³-hybridized carbons (Fsp3) is 0.600. The van der Waals surface area contributed by atoms with E-state index in [1.54, 1.807) is 6.92 Å². The van der Waals surface area contributed by atoms with Gasteiger partial charge in [0.05, 0.1) is 11.7 Å². The molecule has 0 aliphatic heterocycles. The van der Waals surface area contributed by atoms with Crippen LogP contribution in [0.4, 0.5) is 0 Å². The van der Waals surface area contributed by atoms with Crippen molar-refractivity contribution in [3.63, 3.8) is 0 Å². The van der Waals surface area contributed by atoms with Gasteiger partial charge < -0.3 is 10.7 Å². The number of nitrogens with two attached hydrogens (primary N) is 1. The van der Waals surface area contributed by atoms with Crippen molar-refractivity contribution in [3.8, 4) is 0 Å². The molecule has 0 radical (unpaired) electrons. The predicted molar refractivity (Wildman–Crippen MR) is 53.2 cm³/mol. The lowest BCUT2D eigenvalue weighted by Gasteiger charge is -2.07. The molecular formula is C10H15N3O. The minimum Gasteiger partial charge on any atom is -0.339 e. The van der Waals surface area contributed by atoms with Crippen LogP contribution in [0.15, 0.2) is 0 Å². The molecule has 1 aliphatic carbocycles. The van der Waals surface area contributed by atoms with Crippen molar-refractivity contribution in [2.24, 2.45) is 5.73 Å². The van der Waals surface area contributed by atoms with Crippen LogP contribution in [-0.2, 0) is 12.8 Å². The largest absolute Gasteiger partial charge is 0.339 e. The molecule has 3 N–H and O–H groups in total. The number of aromatic amines is 1. The van der Waals surface area contributed by atoms with Crippen molar-refractivity contribution in [1.82, 2.24) is 9.97 Å². The summed E-state index contributed by atoms with van der Waals surface area (Å²) in [6.45, 7) is 1.68. The van der Waals surface area contributed by atoms with E-state index in [0.717, 1.165) is 24.2 Å². The van der Waals surface area contributed by atoms with Gasteiger partial charge in [-0.2, -0.15) is 0 Å². The molecule has 0 aromatic carbocycles. The topological polar surface area (TPSA) is 71.8 Å². The molecule has 76 valence electrons. The van der Waals surface area contributed by atoms with Crippen molar-refractivity contribution in [2.45, 2.75) is 38.6 Å². The monoisotopic (exact) mass is 193 g/mol. The highest BCUT2D eigenvalue weighted by atomic mass is 16.1. The second-order valence-corrected chi connectivity index (χ2v) is 3.87. The Labute approximate surface area is 82.9 Å². The number of rotatable bonds is 2. The van der Waals surface area contributed by atoms with Crippen LogP contribution in [0.2, 0.25) is 0 Å². The van der Waals surface area contributed by atoms with Crippen LogP contribution in [0.1, 0.15) is 41.8 Å². The van der Waals surface area contributed by atoms with Gasteiger partial charge in [0.2, 0.25) is 5.78 Å². The Morgan fingerprint density at radius 3 is 2.86 bits per heavy atom. The molecule has 2 rings (SSSR count). The van der Waals surface area contributed by atoms with E-state index in [-0.39, 0.29) is 5.78 Å². The van der Waals surface area contributed by atoms with Crippen LogP contribution >= 0.6 is 0 Å². The number of aromatic nitrogens is 2. The van der Waals surface area contributed by atoms with Gasteiger partial charge in [0, 0.05) is 5.69 Å². The van der Waals surface area contributed by atoms with E-state index in [2.05, 4.69) is 9.97 Å². The summed E-state index contributed by atoms with van der Waals surface area (Å²) in [5.41, 5.74) is 7.70. The van der Waals surface area contributed by atoms with E-state index in [9.17, 15) is 4.79 Å². The van der Waals surface area contributed by atoms with Crippen LogP contribution in [0, 0.1) is 0 Å². The molecule has 1 atom stereocenters.